The minimum atomic E-state index is -0.161. The molecule has 1 aromatic heterocycles. The Morgan fingerprint density at radius 3 is 2.55 bits per heavy atom. The van der Waals surface area contributed by atoms with Crippen molar-refractivity contribution in [2.45, 2.75) is 0 Å². The first-order valence-corrected chi connectivity index (χ1v) is 9.60. The van der Waals surface area contributed by atoms with Gasteiger partial charge in [0.05, 0.1) is 48.4 Å². The highest BCUT2D eigenvalue weighted by molar-refractivity contribution is 6.22. The van der Waals surface area contributed by atoms with Crippen molar-refractivity contribution in [3.63, 3.8) is 0 Å². The van der Waals surface area contributed by atoms with Crippen LogP contribution in [0.1, 0.15) is 16.7 Å². The molecule has 4 rings (SSSR count). The number of carbonyl (C=O) groups is 1. The lowest BCUT2D eigenvalue weighted by atomic mass is 9.93. The fraction of sp³-hybridized carbons (Fsp3) is 0.167. The minimum absolute atomic E-state index is 0.0228. The Labute approximate surface area is 180 Å². The third-order valence-corrected chi connectivity index (χ3v) is 5.21. The highest BCUT2D eigenvalue weighted by Gasteiger charge is 2.30. The third kappa shape index (κ3) is 3.49. The molecule has 154 valence electrons. The molecular formula is C24H20N4O3. The number of benzene rings is 2. The largest absolute Gasteiger partial charge is 0.496 e. The van der Waals surface area contributed by atoms with Gasteiger partial charge < -0.3 is 14.4 Å². The van der Waals surface area contributed by atoms with Gasteiger partial charge >= 0.3 is 0 Å². The zero-order chi connectivity index (χ0) is 22.0. The molecule has 7 nitrogen and oxygen atoms in total. The number of benzodiazepines with no additional fused rings is 1. The Balaban J connectivity index is 2.09. The van der Waals surface area contributed by atoms with Gasteiger partial charge in [0, 0.05) is 36.6 Å². The molecule has 3 aromatic rings. The highest BCUT2D eigenvalue weighted by atomic mass is 16.5. The van der Waals surface area contributed by atoms with Gasteiger partial charge in [0.15, 0.2) is 0 Å². The van der Waals surface area contributed by atoms with Gasteiger partial charge in [-0.2, -0.15) is 5.26 Å². The summed E-state index contributed by atoms with van der Waals surface area (Å²) >= 11 is 0. The molecule has 0 aliphatic carbocycles. The summed E-state index contributed by atoms with van der Waals surface area (Å²) in [6.07, 6.45) is 3.42. The summed E-state index contributed by atoms with van der Waals surface area (Å²) in [6, 6.07) is 14.9. The number of carbonyl (C=O) groups excluding carboxylic acids is 1. The van der Waals surface area contributed by atoms with Crippen molar-refractivity contribution >= 4 is 17.3 Å². The summed E-state index contributed by atoms with van der Waals surface area (Å²) in [5.41, 5.74) is 4.60. The van der Waals surface area contributed by atoms with Crippen LogP contribution < -0.4 is 14.4 Å². The van der Waals surface area contributed by atoms with Crippen molar-refractivity contribution in [1.29, 1.82) is 5.26 Å². The van der Waals surface area contributed by atoms with Gasteiger partial charge in [-0.3, -0.25) is 14.8 Å². The molecule has 0 fully saturated rings. The molecule has 0 atom stereocenters. The number of methoxy groups -OCH3 is 2. The van der Waals surface area contributed by atoms with Crippen LogP contribution >= 0.6 is 0 Å². The predicted octanol–water partition coefficient (Wildman–Crippen LogP) is 3.45. The molecule has 0 saturated heterocycles. The van der Waals surface area contributed by atoms with Gasteiger partial charge in [-0.25, -0.2) is 0 Å². The van der Waals surface area contributed by atoms with E-state index in [1.54, 1.807) is 56.8 Å². The molecule has 2 aromatic carbocycles. The number of fused-ring (bicyclic) bond motifs is 1. The lowest BCUT2D eigenvalue weighted by Crippen LogP contribution is -2.28. The van der Waals surface area contributed by atoms with Crippen LogP contribution in [0.25, 0.3) is 11.1 Å². The maximum Gasteiger partial charge on any atom is 0.248 e. The smallest absolute Gasteiger partial charge is 0.248 e. The van der Waals surface area contributed by atoms with Crippen LogP contribution in [-0.2, 0) is 4.79 Å². The molecule has 7 heteroatoms. The van der Waals surface area contributed by atoms with Gasteiger partial charge in [0.25, 0.3) is 0 Å². The summed E-state index contributed by atoms with van der Waals surface area (Å²) in [7, 11) is 4.85. The van der Waals surface area contributed by atoms with Gasteiger partial charge in [0.1, 0.15) is 18.0 Å². The average molecular weight is 412 g/mol. The summed E-state index contributed by atoms with van der Waals surface area (Å²) in [5, 5.41) is 9.36. The molecule has 0 spiro atoms. The number of anilines is 1. The van der Waals surface area contributed by atoms with Crippen LogP contribution in [0.2, 0.25) is 0 Å². The van der Waals surface area contributed by atoms with Crippen LogP contribution in [0.3, 0.4) is 0 Å². The van der Waals surface area contributed by atoms with Crippen molar-refractivity contribution in [3.05, 3.63) is 71.5 Å². The maximum absolute atomic E-state index is 12.7. The molecule has 1 aliphatic rings. The van der Waals surface area contributed by atoms with E-state index in [9.17, 15) is 10.1 Å². The van der Waals surface area contributed by atoms with E-state index in [0.717, 1.165) is 11.1 Å². The zero-order valence-corrected chi connectivity index (χ0v) is 17.4. The third-order valence-electron chi connectivity index (χ3n) is 5.21. The van der Waals surface area contributed by atoms with Crippen LogP contribution in [0.15, 0.2) is 59.9 Å². The Kier molecular flexibility index (Phi) is 5.37. The number of pyridine rings is 1. The molecular weight excluding hydrogens is 392 g/mol. The van der Waals surface area contributed by atoms with Crippen molar-refractivity contribution < 1.29 is 14.3 Å². The first-order chi connectivity index (χ1) is 15.1. The Morgan fingerprint density at radius 2 is 1.87 bits per heavy atom. The van der Waals surface area contributed by atoms with Crippen LogP contribution in [0.5, 0.6) is 11.5 Å². The number of ether oxygens (including phenoxy) is 2. The number of hydrogen-bond donors (Lipinski definition) is 0. The second kappa shape index (κ2) is 8.28. The number of hydrogen-bond acceptors (Lipinski definition) is 6. The van der Waals surface area contributed by atoms with E-state index < -0.39 is 0 Å². The Hall–Kier alpha value is -4.18. The number of amides is 1. The molecule has 1 aliphatic heterocycles. The van der Waals surface area contributed by atoms with E-state index in [2.05, 4.69) is 16.0 Å². The lowest BCUT2D eigenvalue weighted by Gasteiger charge is -2.24. The second-order valence-electron chi connectivity index (χ2n) is 6.93. The predicted molar refractivity (Wildman–Crippen MR) is 118 cm³/mol. The quantitative estimate of drug-likeness (QED) is 0.655. The number of aliphatic imine (C=N–C) groups is 1. The van der Waals surface area contributed by atoms with Gasteiger partial charge in [-0.1, -0.05) is 18.2 Å². The van der Waals surface area contributed by atoms with Crippen LogP contribution in [0.4, 0.5) is 5.69 Å². The fourth-order valence-electron chi connectivity index (χ4n) is 3.70. The van der Waals surface area contributed by atoms with Gasteiger partial charge in [-0.05, 0) is 18.2 Å². The number of aromatic nitrogens is 1. The molecule has 0 saturated carbocycles. The van der Waals surface area contributed by atoms with E-state index in [1.807, 2.05) is 24.3 Å². The SMILES string of the molecule is COc1cc2c(c(OC)c1-c1cccnc1)C(c1cccc(C#N)c1)=NCC(=O)N2C. The van der Waals surface area contributed by atoms with Crippen molar-refractivity contribution in [2.24, 2.45) is 4.99 Å². The van der Waals surface area contributed by atoms with Crippen LogP contribution in [-0.4, -0.2) is 44.4 Å². The highest BCUT2D eigenvalue weighted by Crippen LogP contribution is 2.46. The van der Waals surface area contributed by atoms with Crippen molar-refractivity contribution in [3.8, 4) is 28.7 Å². The summed E-state index contributed by atoms with van der Waals surface area (Å²) in [4.78, 5) is 23.1. The minimum Gasteiger partial charge on any atom is -0.496 e. The summed E-state index contributed by atoms with van der Waals surface area (Å²) in [6.45, 7) is -0.0228. The van der Waals surface area contributed by atoms with Crippen LogP contribution in [0, 0.1) is 11.3 Å². The van der Waals surface area contributed by atoms with Crippen molar-refractivity contribution in [1.82, 2.24) is 4.98 Å². The molecule has 1 amide bonds. The normalized spacial score (nSPS) is 13.0. The number of rotatable bonds is 4. The molecule has 0 bridgehead atoms. The van der Waals surface area contributed by atoms with E-state index >= 15 is 0 Å². The first kappa shape index (κ1) is 20.1. The van der Waals surface area contributed by atoms with E-state index in [4.69, 9.17) is 9.47 Å². The fourth-order valence-corrected chi connectivity index (χ4v) is 3.70. The van der Waals surface area contributed by atoms with E-state index in [0.29, 0.717) is 39.6 Å². The van der Waals surface area contributed by atoms with Gasteiger partial charge in [-0.15, -0.1) is 0 Å². The number of nitrogens with zero attached hydrogens (tertiary/aromatic N) is 4. The second-order valence-corrected chi connectivity index (χ2v) is 6.93. The van der Waals surface area contributed by atoms with E-state index in [1.165, 1.54) is 0 Å². The molecule has 31 heavy (non-hydrogen) atoms. The van der Waals surface area contributed by atoms with Crippen molar-refractivity contribution in [2.75, 3.05) is 32.7 Å². The summed E-state index contributed by atoms with van der Waals surface area (Å²) < 4.78 is 11.6. The maximum atomic E-state index is 12.7. The topological polar surface area (TPSA) is 87.8 Å². The molecule has 2 heterocycles. The number of nitriles is 1. The molecule has 0 N–H and O–H groups in total. The Bertz CT molecular complexity index is 1230. The molecule has 0 radical (unpaired) electrons. The van der Waals surface area contributed by atoms with E-state index in [-0.39, 0.29) is 12.5 Å². The lowest BCUT2D eigenvalue weighted by molar-refractivity contribution is -0.116. The summed E-state index contributed by atoms with van der Waals surface area (Å²) in [5.74, 6) is 0.909. The Morgan fingerprint density at radius 1 is 1.06 bits per heavy atom. The molecule has 0 unspecified atom stereocenters. The monoisotopic (exact) mass is 412 g/mol. The average Bonchev–Trinajstić information content (AvgIpc) is 2.95. The number of likely N-dealkylation sites (N-methyl/N-ethyl adjacent to an activating group) is 1. The standard InChI is InChI=1S/C24H20N4O3/c1-28-18-11-19(30-2)21(17-8-5-9-26-13-17)24(31-3)22(18)23(27-14-20(28)29)16-7-4-6-15(10-16)12-25/h4-11,13H,14H2,1-3H3. The first-order valence-electron chi connectivity index (χ1n) is 9.60. The van der Waals surface area contributed by atoms with Gasteiger partial charge in [0.2, 0.25) is 5.91 Å². The zero-order valence-electron chi connectivity index (χ0n) is 17.4.